The Balaban J connectivity index is 2.99. The Labute approximate surface area is 83.6 Å². The zero-order chi connectivity index (χ0) is 11.4. The molecule has 1 N–H and O–H groups in total. The normalized spacial score (nSPS) is 10.5. The average Bonchev–Trinajstić information content (AvgIpc) is 2.16. The van der Waals surface area contributed by atoms with Gasteiger partial charge in [0.15, 0.2) is 0 Å². The first-order valence-electron chi connectivity index (χ1n) is 3.91. The van der Waals surface area contributed by atoms with E-state index in [1.54, 1.807) is 0 Å². The fourth-order valence-corrected chi connectivity index (χ4v) is 0.900. The Bertz CT molecular complexity index is 418. The van der Waals surface area contributed by atoms with Crippen LogP contribution in [-0.4, -0.2) is 16.9 Å². The number of carboxylic acid groups (broad SMARTS) is 1. The van der Waals surface area contributed by atoms with Crippen LogP contribution in [0.4, 0.5) is 8.78 Å². The molecule has 0 aromatic heterocycles. The Kier molecular flexibility index (Phi) is 3.28. The lowest BCUT2D eigenvalue weighted by Gasteiger charge is -1.97. The highest BCUT2D eigenvalue weighted by atomic mass is 19.1. The maximum Gasteiger partial charge on any atom is 0.376 e. The molecule has 15 heavy (non-hydrogen) atoms. The highest BCUT2D eigenvalue weighted by Crippen LogP contribution is 2.13. The molecule has 1 aromatic carbocycles. The summed E-state index contributed by atoms with van der Waals surface area (Å²) in [5.74, 6) is -4.63. The molecule has 1 rings (SSSR count). The Morgan fingerprint density at radius 2 is 1.73 bits per heavy atom. The molecule has 0 spiro atoms. The third kappa shape index (κ3) is 2.70. The molecule has 0 saturated heterocycles. The number of hydrogen-bond acceptors (Lipinski definition) is 2. The summed E-state index contributed by atoms with van der Waals surface area (Å²) in [5, 5.41) is 8.21. The van der Waals surface area contributed by atoms with Crippen molar-refractivity contribution in [3.63, 3.8) is 0 Å². The number of hydrogen-bond donors (Lipinski definition) is 1. The van der Waals surface area contributed by atoms with Crippen molar-refractivity contribution >= 4 is 17.8 Å². The average molecular weight is 212 g/mol. The number of benzene rings is 1. The fourth-order valence-electron chi connectivity index (χ4n) is 0.900. The lowest BCUT2D eigenvalue weighted by Crippen LogP contribution is -2.08. The first-order valence-corrected chi connectivity index (χ1v) is 3.91. The Morgan fingerprint density at radius 3 is 2.20 bits per heavy atom. The van der Waals surface area contributed by atoms with E-state index in [1.807, 2.05) is 0 Å². The quantitative estimate of drug-likeness (QED) is 0.612. The van der Waals surface area contributed by atoms with E-state index < -0.39 is 29.0 Å². The van der Waals surface area contributed by atoms with Crippen molar-refractivity contribution in [2.75, 3.05) is 0 Å². The standard InChI is InChI=1S/C10H6F2O3/c11-7-2-1-3-8(12)6(7)4-5-9(13)10(14)15/h1-5H,(H,14,15)/b5-4+. The molecule has 0 aliphatic heterocycles. The molecule has 0 atom stereocenters. The van der Waals surface area contributed by atoms with Gasteiger partial charge in [-0.3, -0.25) is 4.79 Å². The first kappa shape index (κ1) is 11.0. The summed E-state index contributed by atoms with van der Waals surface area (Å²) < 4.78 is 25.9. The number of carbonyl (C=O) groups is 2. The van der Waals surface area contributed by atoms with E-state index in [4.69, 9.17) is 5.11 Å². The second-order valence-corrected chi connectivity index (χ2v) is 2.64. The van der Waals surface area contributed by atoms with Crippen LogP contribution in [0.2, 0.25) is 0 Å². The van der Waals surface area contributed by atoms with Gasteiger partial charge in [-0.05, 0) is 24.3 Å². The summed E-state index contributed by atoms with van der Waals surface area (Å²) in [6, 6.07) is 3.18. The number of carboxylic acids is 1. The zero-order valence-corrected chi connectivity index (χ0v) is 7.41. The van der Waals surface area contributed by atoms with Crippen LogP contribution in [0.5, 0.6) is 0 Å². The van der Waals surface area contributed by atoms with Crippen LogP contribution in [0, 0.1) is 11.6 Å². The fraction of sp³-hybridized carbons (Fsp3) is 0. The monoisotopic (exact) mass is 212 g/mol. The van der Waals surface area contributed by atoms with Crippen LogP contribution >= 0.6 is 0 Å². The molecule has 3 nitrogen and oxygen atoms in total. The van der Waals surface area contributed by atoms with Crippen LogP contribution in [0.1, 0.15) is 5.56 Å². The van der Waals surface area contributed by atoms with E-state index in [9.17, 15) is 18.4 Å². The van der Waals surface area contributed by atoms with Crippen LogP contribution in [0.15, 0.2) is 24.3 Å². The van der Waals surface area contributed by atoms with Crippen LogP contribution in [0.25, 0.3) is 6.08 Å². The maximum atomic E-state index is 13.0. The van der Waals surface area contributed by atoms with Gasteiger partial charge in [0.25, 0.3) is 5.78 Å². The van der Waals surface area contributed by atoms with Crippen LogP contribution in [-0.2, 0) is 9.59 Å². The SMILES string of the molecule is O=C(O)C(=O)/C=C/c1c(F)cccc1F. The highest BCUT2D eigenvalue weighted by molar-refractivity contribution is 6.38. The van der Waals surface area contributed by atoms with Crippen molar-refractivity contribution in [2.24, 2.45) is 0 Å². The summed E-state index contributed by atoms with van der Waals surface area (Å²) >= 11 is 0. The predicted molar refractivity (Wildman–Crippen MR) is 48.0 cm³/mol. The van der Waals surface area contributed by atoms with Gasteiger partial charge in [-0.15, -0.1) is 0 Å². The summed E-state index contributed by atoms with van der Waals surface area (Å²) in [5.41, 5.74) is -0.438. The number of halogens is 2. The molecule has 0 amide bonds. The van der Waals surface area contributed by atoms with Crippen LogP contribution in [0.3, 0.4) is 0 Å². The van der Waals surface area contributed by atoms with E-state index in [2.05, 4.69) is 0 Å². The molecule has 0 aliphatic rings. The molecule has 0 bridgehead atoms. The third-order valence-corrected chi connectivity index (χ3v) is 1.61. The molecule has 0 heterocycles. The van der Waals surface area contributed by atoms with Crippen molar-refractivity contribution < 1.29 is 23.5 Å². The van der Waals surface area contributed by atoms with E-state index in [-0.39, 0.29) is 0 Å². The molecular weight excluding hydrogens is 206 g/mol. The van der Waals surface area contributed by atoms with Crippen molar-refractivity contribution in [1.29, 1.82) is 0 Å². The lowest BCUT2D eigenvalue weighted by molar-refractivity contribution is -0.146. The van der Waals surface area contributed by atoms with E-state index in [1.165, 1.54) is 6.07 Å². The minimum absolute atomic E-state index is 0.438. The predicted octanol–water partition coefficient (Wildman–Crippen LogP) is 1.63. The van der Waals surface area contributed by atoms with Crippen molar-refractivity contribution in [1.82, 2.24) is 0 Å². The maximum absolute atomic E-state index is 13.0. The van der Waals surface area contributed by atoms with Crippen molar-refractivity contribution in [2.45, 2.75) is 0 Å². The van der Waals surface area contributed by atoms with Gasteiger partial charge in [-0.1, -0.05) is 6.07 Å². The topological polar surface area (TPSA) is 54.4 Å². The highest BCUT2D eigenvalue weighted by Gasteiger charge is 2.08. The molecule has 0 fully saturated rings. The van der Waals surface area contributed by atoms with Gasteiger partial charge in [0.05, 0.1) is 0 Å². The number of rotatable bonds is 3. The zero-order valence-electron chi connectivity index (χ0n) is 7.41. The van der Waals surface area contributed by atoms with Gasteiger partial charge in [-0.2, -0.15) is 0 Å². The minimum atomic E-state index is -1.68. The molecule has 0 aliphatic carbocycles. The summed E-state index contributed by atoms with van der Waals surface area (Å²) in [6.07, 6.45) is 1.39. The van der Waals surface area contributed by atoms with Gasteiger partial charge >= 0.3 is 5.97 Å². The first-order chi connectivity index (χ1) is 7.02. The van der Waals surface area contributed by atoms with E-state index in [0.29, 0.717) is 6.08 Å². The number of aliphatic carboxylic acids is 1. The molecule has 0 radical (unpaired) electrons. The second kappa shape index (κ2) is 4.45. The van der Waals surface area contributed by atoms with Gasteiger partial charge < -0.3 is 5.11 Å². The second-order valence-electron chi connectivity index (χ2n) is 2.64. The smallest absolute Gasteiger partial charge is 0.376 e. The molecule has 5 heteroatoms. The molecule has 0 unspecified atom stereocenters. The van der Waals surface area contributed by atoms with Crippen molar-refractivity contribution in [3.05, 3.63) is 41.5 Å². The van der Waals surface area contributed by atoms with Gasteiger partial charge in [0.2, 0.25) is 0 Å². The molecule has 78 valence electrons. The molecular formula is C10H6F2O3. The summed E-state index contributed by atoms with van der Waals surface area (Å²) in [6.45, 7) is 0. The number of ketones is 1. The van der Waals surface area contributed by atoms with Crippen LogP contribution < -0.4 is 0 Å². The third-order valence-electron chi connectivity index (χ3n) is 1.61. The van der Waals surface area contributed by atoms with Gasteiger partial charge in [0.1, 0.15) is 11.6 Å². The number of carbonyl (C=O) groups excluding carboxylic acids is 1. The minimum Gasteiger partial charge on any atom is -0.475 e. The molecule has 0 saturated carbocycles. The summed E-state index contributed by atoms with van der Waals surface area (Å²) in [4.78, 5) is 20.7. The summed E-state index contributed by atoms with van der Waals surface area (Å²) in [7, 11) is 0. The van der Waals surface area contributed by atoms with Gasteiger partial charge in [-0.25, -0.2) is 13.6 Å². The van der Waals surface area contributed by atoms with E-state index in [0.717, 1.165) is 18.2 Å². The molecule has 1 aromatic rings. The Hall–Kier alpha value is -2.04. The lowest BCUT2D eigenvalue weighted by atomic mass is 10.1. The Morgan fingerprint density at radius 1 is 1.20 bits per heavy atom. The van der Waals surface area contributed by atoms with Gasteiger partial charge in [0, 0.05) is 5.56 Å². The van der Waals surface area contributed by atoms with Crippen molar-refractivity contribution in [3.8, 4) is 0 Å². The largest absolute Gasteiger partial charge is 0.475 e. The van der Waals surface area contributed by atoms with E-state index >= 15 is 0 Å².